The van der Waals surface area contributed by atoms with E-state index in [2.05, 4.69) is 15.3 Å². The molecule has 0 spiro atoms. The van der Waals surface area contributed by atoms with Gasteiger partial charge in [0.05, 0.1) is 13.2 Å². The van der Waals surface area contributed by atoms with Crippen molar-refractivity contribution in [2.75, 3.05) is 20.2 Å². The lowest BCUT2D eigenvalue weighted by Crippen LogP contribution is -2.61. The Morgan fingerprint density at radius 1 is 1.05 bits per heavy atom. The Hall–Kier alpha value is -3.67. The second-order valence-electron chi connectivity index (χ2n) is 10.9. The molecule has 3 aromatic rings. The predicted octanol–water partition coefficient (Wildman–Crippen LogP) is 5.38. The van der Waals surface area contributed by atoms with Crippen molar-refractivity contribution in [1.29, 1.82) is 0 Å². The predicted molar refractivity (Wildman–Crippen MR) is 145 cm³/mol. The molecule has 3 N–H and O–H groups in total. The minimum atomic E-state index is -4.65. The smallest absolute Gasteiger partial charge is 0.433 e. The third-order valence-corrected chi connectivity index (χ3v) is 7.96. The van der Waals surface area contributed by atoms with Gasteiger partial charge in [-0.05, 0) is 63.3 Å². The van der Waals surface area contributed by atoms with Gasteiger partial charge >= 0.3 is 6.18 Å². The van der Waals surface area contributed by atoms with Crippen molar-refractivity contribution >= 4 is 22.7 Å². The van der Waals surface area contributed by atoms with Crippen molar-refractivity contribution in [2.45, 2.75) is 76.0 Å². The fourth-order valence-corrected chi connectivity index (χ4v) is 5.84. The highest BCUT2D eigenvalue weighted by Crippen LogP contribution is 2.38. The number of aromatic nitrogens is 2. The number of hydrogen-bond donors (Lipinski definition) is 2. The van der Waals surface area contributed by atoms with Gasteiger partial charge in [0, 0.05) is 24.0 Å². The fourth-order valence-electron chi connectivity index (χ4n) is 5.84. The molecule has 41 heavy (non-hydrogen) atoms. The lowest BCUT2D eigenvalue weighted by atomic mass is 9.80. The Balaban J connectivity index is 1.53. The van der Waals surface area contributed by atoms with Crippen LogP contribution >= 0.6 is 0 Å². The molecule has 2 amide bonds. The van der Waals surface area contributed by atoms with E-state index in [0.717, 1.165) is 44.6 Å². The highest BCUT2D eigenvalue weighted by molar-refractivity contribution is 6.00. The van der Waals surface area contributed by atoms with E-state index in [-0.39, 0.29) is 34.5 Å². The summed E-state index contributed by atoms with van der Waals surface area (Å²) in [6.07, 6.45) is 1.98. The molecule has 0 unspecified atom stereocenters. The highest BCUT2D eigenvalue weighted by Gasteiger charge is 2.44. The lowest BCUT2D eigenvalue weighted by molar-refractivity contribution is -0.141. The molecule has 12 heteroatoms. The van der Waals surface area contributed by atoms with E-state index >= 15 is 0 Å². The standard InChI is InChI=1S/C29H34F3N5O4/c1-17(33)24-23(25(38)36-28(13-5-3-6-14-28)27(39)37-15-7-4-8-16-37)35-26(41-24)19-9-11-20(40-2)22-18(19)10-12-21(34-22)29(30,31)32/h9-12,17H,3-8,13-16,33H2,1-2H3,(H,36,38)/t17-/m0/s1. The number of alkyl halides is 3. The van der Waals surface area contributed by atoms with Gasteiger partial charge in [-0.25, -0.2) is 9.97 Å². The molecule has 1 saturated carbocycles. The number of amides is 2. The van der Waals surface area contributed by atoms with Crippen molar-refractivity contribution in [2.24, 2.45) is 5.73 Å². The van der Waals surface area contributed by atoms with Gasteiger partial charge in [0.1, 0.15) is 22.5 Å². The van der Waals surface area contributed by atoms with Gasteiger partial charge in [-0.15, -0.1) is 0 Å². The molecule has 2 fully saturated rings. The van der Waals surface area contributed by atoms with Crippen LogP contribution in [0.15, 0.2) is 28.7 Å². The first-order chi connectivity index (χ1) is 19.5. The monoisotopic (exact) mass is 573 g/mol. The van der Waals surface area contributed by atoms with Crippen molar-refractivity contribution < 1.29 is 31.9 Å². The Bertz CT molecular complexity index is 1440. The number of halogens is 3. The average Bonchev–Trinajstić information content (AvgIpc) is 3.42. The second kappa shape index (κ2) is 11.3. The zero-order valence-electron chi connectivity index (χ0n) is 23.1. The summed E-state index contributed by atoms with van der Waals surface area (Å²) in [5, 5.41) is 3.32. The minimum Gasteiger partial charge on any atom is -0.494 e. The maximum absolute atomic E-state index is 13.8. The molecule has 0 radical (unpaired) electrons. The van der Waals surface area contributed by atoms with E-state index in [4.69, 9.17) is 14.9 Å². The van der Waals surface area contributed by atoms with Crippen LogP contribution in [0.3, 0.4) is 0 Å². The van der Waals surface area contributed by atoms with Gasteiger partial charge in [0.25, 0.3) is 5.91 Å². The Morgan fingerprint density at radius 2 is 1.73 bits per heavy atom. The Labute approximate surface area is 235 Å². The highest BCUT2D eigenvalue weighted by atomic mass is 19.4. The number of ether oxygens (including phenoxy) is 1. The van der Waals surface area contributed by atoms with E-state index in [1.807, 2.05) is 4.90 Å². The third-order valence-electron chi connectivity index (χ3n) is 7.96. The van der Waals surface area contributed by atoms with Crippen molar-refractivity contribution in [1.82, 2.24) is 20.2 Å². The molecule has 1 saturated heterocycles. The van der Waals surface area contributed by atoms with E-state index in [1.165, 1.54) is 19.2 Å². The SMILES string of the molecule is COc1ccc(-c2nc(C(=O)NC3(C(=O)N4CCCCC4)CCCCC3)c([C@H](C)N)o2)c2ccc(C(F)(F)F)nc12. The molecule has 3 heterocycles. The number of hydrogen-bond acceptors (Lipinski definition) is 7. The second-order valence-corrected chi connectivity index (χ2v) is 10.9. The van der Waals surface area contributed by atoms with Crippen LogP contribution in [0, 0.1) is 0 Å². The summed E-state index contributed by atoms with van der Waals surface area (Å²) in [4.78, 5) is 37.6. The van der Waals surface area contributed by atoms with Crippen LogP contribution < -0.4 is 15.8 Å². The first kappa shape index (κ1) is 28.8. The molecule has 9 nitrogen and oxygen atoms in total. The molecule has 1 aliphatic heterocycles. The van der Waals surface area contributed by atoms with Crippen LogP contribution in [0.5, 0.6) is 5.75 Å². The lowest BCUT2D eigenvalue weighted by Gasteiger charge is -2.41. The summed E-state index contributed by atoms with van der Waals surface area (Å²) in [5.74, 6) is -0.393. The van der Waals surface area contributed by atoms with Gasteiger partial charge in [0.2, 0.25) is 11.8 Å². The number of likely N-dealkylation sites (tertiary alicyclic amines) is 1. The summed E-state index contributed by atoms with van der Waals surface area (Å²) in [5.41, 5.74) is 4.29. The molecule has 2 aromatic heterocycles. The number of oxazole rings is 1. The number of fused-ring (bicyclic) bond motifs is 1. The molecule has 1 aromatic carbocycles. The van der Waals surface area contributed by atoms with Crippen LogP contribution in [0.1, 0.15) is 86.3 Å². The number of carbonyl (C=O) groups is 2. The average molecular weight is 574 g/mol. The molecule has 2 aliphatic rings. The summed E-state index contributed by atoms with van der Waals surface area (Å²) >= 11 is 0. The van der Waals surface area contributed by atoms with Gasteiger partial charge in [-0.2, -0.15) is 13.2 Å². The topological polar surface area (TPSA) is 124 Å². The minimum absolute atomic E-state index is 0.00304. The number of methoxy groups -OCH3 is 1. The summed E-state index contributed by atoms with van der Waals surface area (Å²) in [6, 6.07) is 4.46. The maximum atomic E-state index is 13.8. The fraction of sp³-hybridized carbons (Fsp3) is 0.517. The van der Waals surface area contributed by atoms with E-state index in [1.54, 1.807) is 13.0 Å². The number of carbonyl (C=O) groups excluding carboxylic acids is 2. The first-order valence-corrected chi connectivity index (χ1v) is 14.0. The number of benzene rings is 1. The first-order valence-electron chi connectivity index (χ1n) is 14.0. The quantitative estimate of drug-likeness (QED) is 0.406. The zero-order valence-corrected chi connectivity index (χ0v) is 23.1. The normalized spacial score (nSPS) is 18.2. The van der Waals surface area contributed by atoms with Gasteiger partial charge in [-0.3, -0.25) is 9.59 Å². The summed E-state index contributed by atoms with van der Waals surface area (Å²) < 4.78 is 51.4. The Kier molecular flexibility index (Phi) is 7.95. The number of pyridine rings is 1. The number of nitrogens with zero attached hydrogens (tertiary/aromatic N) is 3. The summed E-state index contributed by atoms with van der Waals surface area (Å²) in [6.45, 7) is 2.98. The Morgan fingerprint density at radius 3 is 2.37 bits per heavy atom. The molecule has 5 rings (SSSR count). The molecule has 1 atom stereocenters. The van der Waals surface area contributed by atoms with Crippen LogP contribution in [-0.4, -0.2) is 52.4 Å². The molecule has 1 aliphatic carbocycles. The van der Waals surface area contributed by atoms with E-state index < -0.39 is 29.4 Å². The van der Waals surface area contributed by atoms with Crippen LogP contribution in [0.2, 0.25) is 0 Å². The maximum Gasteiger partial charge on any atom is 0.433 e. The van der Waals surface area contributed by atoms with Gasteiger partial charge in [-0.1, -0.05) is 19.3 Å². The van der Waals surface area contributed by atoms with Gasteiger partial charge < -0.3 is 25.1 Å². The van der Waals surface area contributed by atoms with E-state index in [0.29, 0.717) is 36.9 Å². The number of piperidine rings is 1. The van der Waals surface area contributed by atoms with Crippen LogP contribution in [0.4, 0.5) is 13.2 Å². The summed E-state index contributed by atoms with van der Waals surface area (Å²) in [7, 11) is 1.34. The van der Waals surface area contributed by atoms with Crippen LogP contribution in [0.25, 0.3) is 22.4 Å². The molecule has 0 bridgehead atoms. The number of nitrogens with two attached hydrogens (primary N) is 1. The molecular formula is C29H34F3N5O4. The zero-order chi connectivity index (χ0) is 29.4. The van der Waals surface area contributed by atoms with Crippen molar-refractivity contribution in [3.8, 4) is 17.2 Å². The molecule has 220 valence electrons. The van der Waals surface area contributed by atoms with Gasteiger partial charge in [0.15, 0.2) is 11.5 Å². The largest absolute Gasteiger partial charge is 0.494 e. The van der Waals surface area contributed by atoms with E-state index in [9.17, 15) is 22.8 Å². The number of nitrogens with one attached hydrogen (secondary N) is 1. The van der Waals surface area contributed by atoms with Crippen molar-refractivity contribution in [3.63, 3.8) is 0 Å². The van der Waals surface area contributed by atoms with Crippen LogP contribution in [-0.2, 0) is 11.0 Å². The third kappa shape index (κ3) is 5.61. The number of rotatable bonds is 6. The molecular weight excluding hydrogens is 539 g/mol. The van der Waals surface area contributed by atoms with Crippen molar-refractivity contribution in [3.05, 3.63) is 41.4 Å².